The van der Waals surface area contributed by atoms with Gasteiger partial charge in [-0.2, -0.15) is 0 Å². The highest BCUT2D eigenvalue weighted by atomic mass is 16.7. The predicted octanol–water partition coefficient (Wildman–Crippen LogP) is 3.01. The van der Waals surface area contributed by atoms with Gasteiger partial charge in [0, 0.05) is 19.1 Å². The number of hydrogen-bond acceptors (Lipinski definition) is 3. The maximum absolute atomic E-state index is 12.8. The van der Waals surface area contributed by atoms with Gasteiger partial charge in [-0.25, -0.2) is 0 Å². The van der Waals surface area contributed by atoms with Crippen LogP contribution in [0, 0.1) is 0 Å². The Hall–Kier alpha value is -1.33. The lowest BCUT2D eigenvalue weighted by Gasteiger charge is -2.32. The number of nitrogens with zero attached hydrogens (tertiary/aromatic N) is 1. The molecule has 1 atom stereocenters. The minimum Gasteiger partial charge on any atom is -0.403 e. The number of fused-ring (bicyclic) bond motifs is 1. The van der Waals surface area contributed by atoms with E-state index in [0.717, 1.165) is 11.3 Å². The molecule has 1 amide bonds. The maximum atomic E-state index is 12.8. The van der Waals surface area contributed by atoms with Crippen LogP contribution in [0.25, 0.3) is 0 Å². The maximum Gasteiger partial charge on any atom is 0.459 e. The Kier molecular flexibility index (Phi) is 3.25. The normalized spacial score (nSPS) is 29.1. The van der Waals surface area contributed by atoms with Gasteiger partial charge in [-0.1, -0.05) is 18.2 Å². The van der Waals surface area contributed by atoms with Crippen molar-refractivity contribution in [1.82, 2.24) is 0 Å². The Morgan fingerprint density at radius 2 is 1.59 bits per heavy atom. The molecule has 0 aliphatic carbocycles. The Balaban J connectivity index is 1.91. The minimum atomic E-state index is -0.605. The minimum absolute atomic E-state index is 0.100. The van der Waals surface area contributed by atoms with Gasteiger partial charge in [0.15, 0.2) is 0 Å². The Morgan fingerprint density at radius 3 is 2.18 bits per heavy atom. The van der Waals surface area contributed by atoms with Gasteiger partial charge in [-0.05, 0) is 46.2 Å². The average molecular weight is 301 g/mol. The highest BCUT2D eigenvalue weighted by molar-refractivity contribution is 6.47. The van der Waals surface area contributed by atoms with E-state index in [-0.39, 0.29) is 24.2 Å². The molecule has 5 heteroatoms. The number of carbonyl (C=O) groups is 1. The third-order valence-electron chi connectivity index (χ3n) is 5.51. The van der Waals surface area contributed by atoms with Gasteiger partial charge in [-0.3, -0.25) is 4.79 Å². The molecule has 1 fully saturated rings. The number of benzene rings is 1. The summed E-state index contributed by atoms with van der Waals surface area (Å²) >= 11 is 0. The molecular weight excluding hydrogens is 277 g/mol. The second-order valence-electron chi connectivity index (χ2n) is 7.60. The molecule has 0 saturated carbocycles. The number of anilines is 1. The largest absolute Gasteiger partial charge is 0.459 e. The number of hydrogen-bond donors (Lipinski definition) is 0. The summed E-state index contributed by atoms with van der Waals surface area (Å²) in [5.41, 5.74) is 0.679. The van der Waals surface area contributed by atoms with E-state index in [9.17, 15) is 4.79 Å². The smallest absolute Gasteiger partial charge is 0.403 e. The van der Waals surface area contributed by atoms with E-state index < -0.39 is 5.41 Å². The Morgan fingerprint density at radius 1 is 1.05 bits per heavy atom. The van der Waals surface area contributed by atoms with Gasteiger partial charge in [0.05, 0.1) is 16.6 Å². The molecule has 22 heavy (non-hydrogen) atoms. The van der Waals surface area contributed by atoms with Crippen LogP contribution < -0.4 is 4.90 Å². The number of likely N-dealkylation sites (N-methyl/N-ethyl adjacent to an activating group) is 1. The zero-order valence-electron chi connectivity index (χ0n) is 14.3. The summed E-state index contributed by atoms with van der Waals surface area (Å²) < 4.78 is 12.2. The van der Waals surface area contributed by atoms with Crippen molar-refractivity contribution < 1.29 is 14.1 Å². The second-order valence-corrected chi connectivity index (χ2v) is 7.60. The van der Waals surface area contributed by atoms with Gasteiger partial charge in [0.25, 0.3) is 0 Å². The first-order valence-corrected chi connectivity index (χ1v) is 7.82. The van der Waals surface area contributed by atoms with Crippen LogP contribution >= 0.6 is 0 Å². The quantitative estimate of drug-likeness (QED) is 0.788. The monoisotopic (exact) mass is 301 g/mol. The highest BCUT2D eigenvalue weighted by Gasteiger charge is 2.56. The molecule has 2 aliphatic rings. The SMILES string of the molecule is CN1C(=O)C(C)(CB2OC(C)(C)C(C)(C)O2)c2ccccc21. The molecule has 1 aromatic rings. The Bertz CT molecular complexity index is 612. The summed E-state index contributed by atoms with van der Waals surface area (Å²) in [4.78, 5) is 14.5. The summed E-state index contributed by atoms with van der Waals surface area (Å²) in [7, 11) is 1.45. The molecule has 118 valence electrons. The van der Waals surface area contributed by atoms with Crippen molar-refractivity contribution in [3.05, 3.63) is 29.8 Å². The van der Waals surface area contributed by atoms with Crippen LogP contribution in [-0.2, 0) is 19.5 Å². The van der Waals surface area contributed by atoms with Crippen LogP contribution in [0.3, 0.4) is 0 Å². The molecule has 2 aliphatic heterocycles. The highest BCUT2D eigenvalue weighted by Crippen LogP contribution is 2.47. The topological polar surface area (TPSA) is 38.8 Å². The van der Waals surface area contributed by atoms with Gasteiger partial charge in [0.1, 0.15) is 0 Å². The van der Waals surface area contributed by atoms with E-state index >= 15 is 0 Å². The van der Waals surface area contributed by atoms with Crippen molar-refractivity contribution in [2.75, 3.05) is 11.9 Å². The number of carbonyl (C=O) groups excluding carboxylic acids is 1. The standard InChI is InChI=1S/C17H24BNO3/c1-15(2)16(3,4)22-18(21-15)11-17(5)12-9-7-8-10-13(12)19(6)14(17)20/h7-10H,11H2,1-6H3. The van der Waals surface area contributed by atoms with E-state index in [1.165, 1.54) is 0 Å². The fourth-order valence-electron chi connectivity index (χ4n) is 3.41. The van der Waals surface area contributed by atoms with Crippen LogP contribution in [0.2, 0.25) is 6.32 Å². The molecule has 0 N–H and O–H groups in total. The van der Waals surface area contributed by atoms with Gasteiger partial charge >= 0.3 is 7.12 Å². The lowest BCUT2D eigenvalue weighted by Crippen LogP contribution is -2.41. The van der Waals surface area contributed by atoms with E-state index in [2.05, 4.69) is 0 Å². The number of rotatable bonds is 2. The molecule has 1 unspecified atom stereocenters. The van der Waals surface area contributed by atoms with Crippen LogP contribution in [0.4, 0.5) is 5.69 Å². The van der Waals surface area contributed by atoms with Crippen molar-refractivity contribution in [2.24, 2.45) is 0 Å². The number of amides is 1. The molecule has 0 spiro atoms. The third-order valence-corrected chi connectivity index (χ3v) is 5.51. The summed E-state index contributed by atoms with van der Waals surface area (Å²) in [5, 5.41) is 0. The molecular formula is C17H24BNO3. The molecule has 0 radical (unpaired) electrons. The molecule has 1 aromatic carbocycles. The predicted molar refractivity (Wildman–Crippen MR) is 88.1 cm³/mol. The molecule has 0 aromatic heterocycles. The molecule has 0 bridgehead atoms. The third kappa shape index (κ3) is 2.03. The fraction of sp³-hybridized carbons (Fsp3) is 0.588. The van der Waals surface area contributed by atoms with E-state index in [1.54, 1.807) is 4.90 Å². The van der Waals surface area contributed by atoms with Gasteiger partial charge in [0.2, 0.25) is 5.91 Å². The van der Waals surface area contributed by atoms with E-state index in [0.29, 0.717) is 6.32 Å². The molecule has 4 nitrogen and oxygen atoms in total. The zero-order chi connectivity index (χ0) is 16.3. The van der Waals surface area contributed by atoms with Crippen LogP contribution in [0.1, 0.15) is 40.2 Å². The van der Waals surface area contributed by atoms with Crippen molar-refractivity contribution >= 4 is 18.7 Å². The fourth-order valence-corrected chi connectivity index (χ4v) is 3.41. The first-order valence-electron chi connectivity index (χ1n) is 7.82. The van der Waals surface area contributed by atoms with E-state index in [1.807, 2.05) is 65.9 Å². The molecule has 3 rings (SSSR count). The van der Waals surface area contributed by atoms with Crippen molar-refractivity contribution in [3.8, 4) is 0 Å². The second kappa shape index (κ2) is 4.59. The summed E-state index contributed by atoms with van der Waals surface area (Å²) in [6, 6.07) is 7.96. The van der Waals surface area contributed by atoms with Crippen molar-refractivity contribution in [1.29, 1.82) is 0 Å². The van der Waals surface area contributed by atoms with Gasteiger partial charge < -0.3 is 14.2 Å². The average Bonchev–Trinajstić information content (AvgIpc) is 2.74. The van der Waals surface area contributed by atoms with Crippen LogP contribution in [-0.4, -0.2) is 31.3 Å². The molecule has 2 heterocycles. The summed E-state index contributed by atoms with van der Waals surface area (Å²) in [6.45, 7) is 10.1. The van der Waals surface area contributed by atoms with Crippen LogP contribution in [0.5, 0.6) is 0 Å². The van der Waals surface area contributed by atoms with Crippen molar-refractivity contribution in [2.45, 2.75) is 57.6 Å². The van der Waals surface area contributed by atoms with Crippen molar-refractivity contribution in [3.63, 3.8) is 0 Å². The lowest BCUT2D eigenvalue weighted by atomic mass is 9.66. The lowest BCUT2D eigenvalue weighted by molar-refractivity contribution is -0.121. The molecule has 1 saturated heterocycles. The Labute approximate surface area is 132 Å². The van der Waals surface area contributed by atoms with Gasteiger partial charge in [-0.15, -0.1) is 0 Å². The zero-order valence-corrected chi connectivity index (χ0v) is 14.3. The first-order chi connectivity index (χ1) is 10.1. The summed E-state index contributed by atoms with van der Waals surface area (Å²) in [6.07, 6.45) is 0.528. The van der Waals surface area contributed by atoms with Crippen LogP contribution in [0.15, 0.2) is 24.3 Å². The van der Waals surface area contributed by atoms with E-state index in [4.69, 9.17) is 9.31 Å². The number of para-hydroxylation sites is 1. The summed E-state index contributed by atoms with van der Waals surface area (Å²) in [5.74, 6) is 0.100. The first kappa shape index (κ1) is 15.6.